The number of aliphatic hydroxyl groups excluding tert-OH is 5. The highest BCUT2D eigenvalue weighted by molar-refractivity contribution is 5.93. The summed E-state index contributed by atoms with van der Waals surface area (Å²) in [5.41, 5.74) is 0.337. The van der Waals surface area contributed by atoms with Gasteiger partial charge in [-0.25, -0.2) is 0 Å². The molecule has 1 aliphatic heterocycles. The van der Waals surface area contributed by atoms with Crippen molar-refractivity contribution in [3.8, 4) is 0 Å². The van der Waals surface area contributed by atoms with Crippen LogP contribution in [0.15, 0.2) is 30.3 Å². The van der Waals surface area contributed by atoms with Crippen molar-refractivity contribution in [3.63, 3.8) is 0 Å². The lowest BCUT2D eigenvalue weighted by Gasteiger charge is -2.49. The maximum atomic E-state index is 12.4. The molecule has 122 valence electrons. The molecule has 1 aromatic rings. The molecule has 0 saturated carbocycles. The van der Waals surface area contributed by atoms with E-state index in [9.17, 15) is 30.3 Å². The van der Waals surface area contributed by atoms with Gasteiger partial charge in [-0.05, 0) is 12.1 Å². The zero-order chi connectivity index (χ0) is 16.4. The molecule has 1 aliphatic rings. The topological polar surface area (TPSA) is 125 Å². The molecule has 1 amide bonds. The van der Waals surface area contributed by atoms with E-state index in [0.29, 0.717) is 5.56 Å². The summed E-state index contributed by atoms with van der Waals surface area (Å²) >= 11 is 0. The van der Waals surface area contributed by atoms with Crippen LogP contribution in [0.5, 0.6) is 0 Å². The number of hydrogen-bond acceptors (Lipinski definition) is 7. The molecule has 1 fully saturated rings. The lowest BCUT2D eigenvalue weighted by Crippen LogP contribution is -2.71. The highest BCUT2D eigenvalue weighted by atomic mass is 16.4. The molecule has 1 aromatic carbocycles. The van der Waals surface area contributed by atoms with Gasteiger partial charge in [-0.2, -0.15) is 5.01 Å². The molecule has 2 rings (SSSR count). The lowest BCUT2D eigenvalue weighted by molar-refractivity contribution is -0.265. The Bertz CT molecular complexity index is 513. The van der Waals surface area contributed by atoms with Crippen molar-refractivity contribution < 1.29 is 30.3 Å². The number of hydrazine groups is 1. The van der Waals surface area contributed by atoms with Crippen LogP contribution >= 0.6 is 0 Å². The molecule has 0 bridgehead atoms. The van der Waals surface area contributed by atoms with E-state index in [2.05, 4.69) is 0 Å². The fraction of sp³-hybridized carbons (Fsp3) is 0.500. The van der Waals surface area contributed by atoms with E-state index in [-0.39, 0.29) is 0 Å². The van der Waals surface area contributed by atoms with Gasteiger partial charge in [0.15, 0.2) is 6.23 Å². The summed E-state index contributed by atoms with van der Waals surface area (Å²) in [5, 5.41) is 50.9. The van der Waals surface area contributed by atoms with Gasteiger partial charge in [0.25, 0.3) is 5.91 Å². The van der Waals surface area contributed by atoms with E-state index < -0.39 is 43.1 Å². The lowest BCUT2D eigenvalue weighted by atomic mass is 9.94. The summed E-state index contributed by atoms with van der Waals surface area (Å²) in [6.45, 7) is -0.617. The number of rotatable bonds is 3. The van der Waals surface area contributed by atoms with Crippen molar-refractivity contribution in [2.75, 3.05) is 13.7 Å². The first kappa shape index (κ1) is 16.8. The second-order valence-corrected chi connectivity index (χ2v) is 5.21. The summed E-state index contributed by atoms with van der Waals surface area (Å²) in [7, 11) is 1.35. The Morgan fingerprint density at radius 1 is 1.09 bits per heavy atom. The van der Waals surface area contributed by atoms with Crippen LogP contribution in [0, 0.1) is 0 Å². The second-order valence-electron chi connectivity index (χ2n) is 5.21. The fourth-order valence-corrected chi connectivity index (χ4v) is 2.58. The molecule has 8 nitrogen and oxygen atoms in total. The van der Waals surface area contributed by atoms with Crippen LogP contribution in [0.4, 0.5) is 0 Å². The minimum absolute atomic E-state index is 0.337. The van der Waals surface area contributed by atoms with Crippen LogP contribution in [0.2, 0.25) is 0 Å². The molecular formula is C14H20N2O6. The van der Waals surface area contributed by atoms with E-state index in [1.807, 2.05) is 0 Å². The zero-order valence-electron chi connectivity index (χ0n) is 12.0. The molecule has 0 radical (unpaired) electrons. The van der Waals surface area contributed by atoms with Crippen LogP contribution in [-0.4, -0.2) is 85.7 Å². The van der Waals surface area contributed by atoms with E-state index in [4.69, 9.17) is 0 Å². The Balaban J connectivity index is 2.29. The Morgan fingerprint density at radius 3 is 2.23 bits per heavy atom. The molecule has 0 aromatic heterocycles. The molecule has 5 atom stereocenters. The van der Waals surface area contributed by atoms with Gasteiger partial charge in [0, 0.05) is 12.6 Å². The van der Waals surface area contributed by atoms with E-state index >= 15 is 0 Å². The first-order valence-electron chi connectivity index (χ1n) is 6.84. The van der Waals surface area contributed by atoms with E-state index in [1.54, 1.807) is 30.3 Å². The van der Waals surface area contributed by atoms with Gasteiger partial charge in [0.05, 0.1) is 12.6 Å². The SMILES string of the molecule is CN(C(=O)c1ccccc1)N1C(O)[C@H](O)[C@@H](O)[C@H](O)[C@H]1CO. The summed E-state index contributed by atoms with van der Waals surface area (Å²) in [6, 6.07) is 7.10. The Morgan fingerprint density at radius 2 is 1.68 bits per heavy atom. The molecule has 22 heavy (non-hydrogen) atoms. The van der Waals surface area contributed by atoms with Gasteiger partial charge in [0.2, 0.25) is 0 Å². The number of piperidine rings is 1. The highest BCUT2D eigenvalue weighted by Crippen LogP contribution is 2.25. The first-order chi connectivity index (χ1) is 10.4. The first-order valence-corrected chi connectivity index (χ1v) is 6.84. The Kier molecular flexibility index (Phi) is 5.12. The number of carbonyl (C=O) groups excluding carboxylic acids is 1. The maximum absolute atomic E-state index is 12.4. The molecule has 0 spiro atoms. The Hall–Kier alpha value is -1.55. The smallest absolute Gasteiger partial charge is 0.267 e. The minimum Gasteiger partial charge on any atom is -0.395 e. The predicted molar refractivity (Wildman–Crippen MR) is 75.3 cm³/mol. The third-order valence-corrected chi connectivity index (χ3v) is 3.86. The third kappa shape index (κ3) is 2.84. The normalized spacial score (nSPS) is 32.7. The quantitative estimate of drug-likeness (QED) is 0.427. The third-order valence-electron chi connectivity index (χ3n) is 3.86. The van der Waals surface area contributed by atoms with Crippen LogP contribution in [0.1, 0.15) is 10.4 Å². The fourth-order valence-electron chi connectivity index (χ4n) is 2.58. The standard InChI is InChI=1S/C14H20N2O6/c1-15(13(21)8-5-3-2-4-6-8)16-9(7-17)10(18)11(19)12(20)14(16)22/h2-6,9-12,14,17-20,22H,7H2,1H3/t9-,10-,11+,12-,14?/m1/s1. The monoisotopic (exact) mass is 312 g/mol. The number of nitrogens with zero attached hydrogens (tertiary/aromatic N) is 2. The van der Waals surface area contributed by atoms with Gasteiger partial charge < -0.3 is 25.5 Å². The van der Waals surface area contributed by atoms with Gasteiger partial charge >= 0.3 is 0 Å². The van der Waals surface area contributed by atoms with Crippen molar-refractivity contribution in [1.82, 2.24) is 10.0 Å². The summed E-state index contributed by atoms with van der Waals surface area (Å²) < 4.78 is 0. The van der Waals surface area contributed by atoms with E-state index in [0.717, 1.165) is 10.0 Å². The number of aliphatic hydroxyl groups is 5. The average molecular weight is 312 g/mol. The van der Waals surface area contributed by atoms with Gasteiger partial charge in [-0.3, -0.25) is 9.80 Å². The zero-order valence-corrected chi connectivity index (χ0v) is 12.0. The van der Waals surface area contributed by atoms with Crippen LogP contribution in [0.25, 0.3) is 0 Å². The van der Waals surface area contributed by atoms with Crippen LogP contribution in [0.3, 0.4) is 0 Å². The molecule has 0 aliphatic carbocycles. The number of carbonyl (C=O) groups is 1. The minimum atomic E-state index is -1.68. The summed E-state index contributed by atoms with van der Waals surface area (Å²) in [6.07, 6.45) is -6.46. The molecule has 8 heteroatoms. The van der Waals surface area contributed by atoms with Crippen molar-refractivity contribution in [2.45, 2.75) is 30.6 Å². The van der Waals surface area contributed by atoms with Crippen molar-refractivity contribution in [2.24, 2.45) is 0 Å². The van der Waals surface area contributed by atoms with Crippen molar-refractivity contribution in [3.05, 3.63) is 35.9 Å². The predicted octanol–water partition coefficient (Wildman–Crippen LogP) is -2.25. The van der Waals surface area contributed by atoms with E-state index in [1.165, 1.54) is 7.05 Å². The summed E-state index contributed by atoms with van der Waals surface area (Å²) in [4.78, 5) is 12.4. The van der Waals surface area contributed by atoms with Gasteiger partial charge in [0.1, 0.15) is 18.3 Å². The Labute approximate surface area is 127 Å². The van der Waals surface area contributed by atoms with Gasteiger partial charge in [-0.15, -0.1) is 0 Å². The molecule has 5 N–H and O–H groups in total. The largest absolute Gasteiger partial charge is 0.395 e. The molecule has 1 saturated heterocycles. The maximum Gasteiger partial charge on any atom is 0.267 e. The number of hydrogen-bond donors (Lipinski definition) is 5. The van der Waals surface area contributed by atoms with Gasteiger partial charge in [-0.1, -0.05) is 18.2 Å². The van der Waals surface area contributed by atoms with Crippen LogP contribution in [-0.2, 0) is 0 Å². The number of amides is 1. The molecular weight excluding hydrogens is 292 g/mol. The van der Waals surface area contributed by atoms with Crippen LogP contribution < -0.4 is 0 Å². The molecule has 1 unspecified atom stereocenters. The van der Waals surface area contributed by atoms with Crippen molar-refractivity contribution >= 4 is 5.91 Å². The highest BCUT2D eigenvalue weighted by Gasteiger charge is 2.49. The molecule has 1 heterocycles. The number of benzene rings is 1. The summed E-state index contributed by atoms with van der Waals surface area (Å²) in [5.74, 6) is -0.492. The second kappa shape index (κ2) is 6.69. The average Bonchev–Trinajstić information content (AvgIpc) is 2.55. The van der Waals surface area contributed by atoms with Crippen molar-refractivity contribution in [1.29, 1.82) is 0 Å².